The van der Waals surface area contributed by atoms with Gasteiger partial charge >= 0.3 is 6.61 Å². The summed E-state index contributed by atoms with van der Waals surface area (Å²) in [5, 5.41) is 6.33. The molecule has 1 fully saturated rings. The molecule has 10 heteroatoms. The van der Waals surface area contributed by atoms with E-state index in [9.17, 15) is 8.78 Å². The fraction of sp³-hybridized carbons (Fsp3) is 0.455. The van der Waals surface area contributed by atoms with Crippen molar-refractivity contribution >= 4 is 35.8 Å². The molecule has 0 unspecified atom stereocenters. The zero-order valence-electron chi connectivity index (χ0n) is 18.3. The van der Waals surface area contributed by atoms with Crippen LogP contribution in [0.2, 0.25) is 0 Å². The number of halogens is 3. The van der Waals surface area contributed by atoms with Gasteiger partial charge < -0.3 is 25.0 Å². The van der Waals surface area contributed by atoms with Crippen LogP contribution in [0.3, 0.4) is 0 Å². The van der Waals surface area contributed by atoms with Gasteiger partial charge in [0.25, 0.3) is 0 Å². The number of benzene rings is 1. The van der Waals surface area contributed by atoms with Crippen molar-refractivity contribution in [2.24, 2.45) is 4.99 Å². The number of aromatic nitrogens is 1. The third-order valence-electron chi connectivity index (χ3n) is 4.94. The highest BCUT2D eigenvalue weighted by Crippen LogP contribution is 2.32. The lowest BCUT2D eigenvalue weighted by molar-refractivity contribution is -0.0520. The molecule has 7 nitrogen and oxygen atoms in total. The van der Waals surface area contributed by atoms with E-state index < -0.39 is 6.61 Å². The van der Waals surface area contributed by atoms with Crippen molar-refractivity contribution in [3.8, 4) is 11.5 Å². The molecule has 1 aromatic carbocycles. The van der Waals surface area contributed by atoms with E-state index in [2.05, 4.69) is 25.5 Å². The second-order valence-electron chi connectivity index (χ2n) is 7.05. The number of aliphatic imine (C=N–C) groups is 1. The summed E-state index contributed by atoms with van der Waals surface area (Å²) in [5.41, 5.74) is 1.57. The summed E-state index contributed by atoms with van der Waals surface area (Å²) in [5.74, 6) is 1.86. The van der Waals surface area contributed by atoms with Crippen molar-refractivity contribution in [2.75, 3.05) is 31.6 Å². The molecule has 0 amide bonds. The molecule has 2 N–H and O–H groups in total. The average Bonchev–Trinajstić information content (AvgIpc) is 3.31. The minimum atomic E-state index is -2.94. The lowest BCUT2D eigenvalue weighted by atomic mass is 10.2. The molecular weight excluding hydrogens is 531 g/mol. The molecule has 1 aromatic heterocycles. The van der Waals surface area contributed by atoms with E-state index in [0.29, 0.717) is 24.7 Å². The maximum absolute atomic E-state index is 12.9. The smallest absolute Gasteiger partial charge is 0.387 e. The highest BCUT2D eigenvalue weighted by Gasteiger charge is 2.16. The Morgan fingerprint density at radius 2 is 1.91 bits per heavy atom. The van der Waals surface area contributed by atoms with Crippen LogP contribution in [0.25, 0.3) is 0 Å². The van der Waals surface area contributed by atoms with E-state index in [0.717, 1.165) is 24.5 Å². The largest absolute Gasteiger partial charge is 0.490 e. The topological polar surface area (TPSA) is 71.0 Å². The Bertz CT molecular complexity index is 862. The van der Waals surface area contributed by atoms with E-state index in [1.54, 1.807) is 32.2 Å². The summed E-state index contributed by atoms with van der Waals surface area (Å²) >= 11 is 0. The van der Waals surface area contributed by atoms with Crippen molar-refractivity contribution in [1.29, 1.82) is 0 Å². The minimum Gasteiger partial charge on any atom is -0.490 e. The Kier molecular flexibility index (Phi) is 10.7. The Hall–Kier alpha value is -2.37. The maximum atomic E-state index is 12.9. The molecule has 0 saturated carbocycles. The van der Waals surface area contributed by atoms with Gasteiger partial charge in [0.1, 0.15) is 5.82 Å². The summed E-state index contributed by atoms with van der Waals surface area (Å²) in [6, 6.07) is 9.13. The van der Waals surface area contributed by atoms with Crippen molar-refractivity contribution in [1.82, 2.24) is 15.6 Å². The lowest BCUT2D eigenvalue weighted by Gasteiger charge is -2.18. The Balaban J connectivity index is 0.00000363. The fourth-order valence-corrected chi connectivity index (χ4v) is 3.43. The predicted octanol–water partition coefficient (Wildman–Crippen LogP) is 4.17. The summed E-state index contributed by atoms with van der Waals surface area (Å²) in [6.45, 7) is 2.10. The zero-order chi connectivity index (χ0) is 22.1. The molecule has 1 aliphatic rings. The number of hydrogen-bond donors (Lipinski definition) is 2. The summed E-state index contributed by atoms with van der Waals surface area (Å²) in [7, 11) is 1.65. The minimum absolute atomic E-state index is 0. The number of para-hydroxylation sites is 1. The van der Waals surface area contributed by atoms with Crippen LogP contribution in [0.1, 0.15) is 30.9 Å². The third kappa shape index (κ3) is 7.35. The normalized spacial score (nSPS) is 13.7. The number of alkyl halides is 2. The number of ether oxygens (including phenoxy) is 2. The van der Waals surface area contributed by atoms with Gasteiger partial charge in [0.05, 0.1) is 6.61 Å². The van der Waals surface area contributed by atoms with Crippen LogP contribution in [0.5, 0.6) is 11.5 Å². The van der Waals surface area contributed by atoms with Gasteiger partial charge in [0.2, 0.25) is 0 Å². The van der Waals surface area contributed by atoms with Crippen molar-refractivity contribution < 1.29 is 18.3 Å². The maximum Gasteiger partial charge on any atom is 0.387 e. The Labute approximate surface area is 204 Å². The third-order valence-corrected chi connectivity index (χ3v) is 4.94. The van der Waals surface area contributed by atoms with Gasteiger partial charge in [0.15, 0.2) is 17.5 Å². The van der Waals surface area contributed by atoms with Gasteiger partial charge in [-0.25, -0.2) is 4.98 Å². The Morgan fingerprint density at radius 1 is 1.16 bits per heavy atom. The van der Waals surface area contributed by atoms with Crippen LogP contribution in [-0.2, 0) is 13.1 Å². The van der Waals surface area contributed by atoms with Gasteiger partial charge in [-0.15, -0.1) is 24.0 Å². The molecule has 1 aliphatic heterocycles. The molecule has 32 heavy (non-hydrogen) atoms. The van der Waals surface area contributed by atoms with Crippen LogP contribution in [-0.4, -0.2) is 44.3 Å². The van der Waals surface area contributed by atoms with Gasteiger partial charge in [0, 0.05) is 45.0 Å². The number of anilines is 1. The van der Waals surface area contributed by atoms with Gasteiger partial charge in [-0.3, -0.25) is 4.99 Å². The number of rotatable bonds is 9. The van der Waals surface area contributed by atoms with E-state index in [-0.39, 0.29) is 42.0 Å². The first kappa shape index (κ1) is 25.9. The quantitative estimate of drug-likeness (QED) is 0.272. The second-order valence-corrected chi connectivity index (χ2v) is 7.05. The summed E-state index contributed by atoms with van der Waals surface area (Å²) < 4.78 is 35.9. The first-order chi connectivity index (χ1) is 15.1. The van der Waals surface area contributed by atoms with E-state index in [1.165, 1.54) is 12.8 Å². The van der Waals surface area contributed by atoms with Crippen molar-refractivity contribution in [3.05, 3.63) is 47.7 Å². The molecule has 176 valence electrons. The number of nitrogens with one attached hydrogen (secondary N) is 2. The molecular formula is C22H30F2IN5O2. The molecule has 0 bridgehead atoms. The highest BCUT2D eigenvalue weighted by atomic mass is 127. The number of nitrogens with zero attached hydrogens (tertiary/aromatic N) is 3. The zero-order valence-corrected chi connectivity index (χ0v) is 20.6. The summed E-state index contributed by atoms with van der Waals surface area (Å²) in [4.78, 5) is 11.0. The number of pyridine rings is 1. The number of guanidine groups is 1. The number of hydrogen-bond acceptors (Lipinski definition) is 5. The first-order valence-electron chi connectivity index (χ1n) is 10.4. The van der Waals surface area contributed by atoms with Crippen LogP contribution < -0.4 is 25.0 Å². The van der Waals surface area contributed by atoms with Gasteiger partial charge in [-0.1, -0.05) is 18.2 Å². The lowest BCUT2D eigenvalue weighted by Crippen LogP contribution is -2.36. The van der Waals surface area contributed by atoms with Gasteiger partial charge in [-0.2, -0.15) is 8.78 Å². The van der Waals surface area contributed by atoms with Crippen molar-refractivity contribution in [2.45, 2.75) is 39.5 Å². The molecule has 3 rings (SSSR count). The molecule has 2 heterocycles. The van der Waals surface area contributed by atoms with Crippen molar-refractivity contribution in [3.63, 3.8) is 0 Å². The SMILES string of the molecule is CCOc1cccc(CNC(=NC)NCc2ccc(N3CCCC3)nc2)c1OC(F)F.I. The Morgan fingerprint density at radius 3 is 2.53 bits per heavy atom. The second kappa shape index (κ2) is 13.2. The fourth-order valence-electron chi connectivity index (χ4n) is 3.43. The van der Waals surface area contributed by atoms with Crippen LogP contribution in [0.4, 0.5) is 14.6 Å². The van der Waals surface area contributed by atoms with E-state index in [1.807, 2.05) is 18.3 Å². The first-order valence-corrected chi connectivity index (χ1v) is 10.4. The van der Waals surface area contributed by atoms with E-state index in [4.69, 9.17) is 9.47 Å². The molecule has 0 aliphatic carbocycles. The molecule has 0 radical (unpaired) electrons. The molecule has 0 atom stereocenters. The predicted molar refractivity (Wildman–Crippen MR) is 132 cm³/mol. The average molecular weight is 561 g/mol. The van der Waals surface area contributed by atoms with Crippen LogP contribution in [0.15, 0.2) is 41.5 Å². The highest BCUT2D eigenvalue weighted by molar-refractivity contribution is 14.0. The standard InChI is InChI=1S/C22H29F2N5O2.HI/c1-3-30-18-8-6-7-17(20(18)31-21(23)24)15-28-22(25-2)27-14-16-9-10-19(26-13-16)29-11-4-5-12-29;/h6-10,13,21H,3-5,11-12,14-15H2,1-2H3,(H2,25,27,28);1H. The van der Waals surface area contributed by atoms with Gasteiger partial charge in [-0.05, 0) is 37.5 Å². The molecule has 1 saturated heterocycles. The van der Waals surface area contributed by atoms with Crippen LogP contribution in [0, 0.1) is 0 Å². The van der Waals surface area contributed by atoms with Crippen LogP contribution >= 0.6 is 24.0 Å². The van der Waals surface area contributed by atoms with E-state index >= 15 is 0 Å². The molecule has 0 spiro atoms. The summed E-state index contributed by atoms with van der Waals surface area (Å²) in [6.07, 6.45) is 4.28. The monoisotopic (exact) mass is 561 g/mol. The molecule has 2 aromatic rings.